The molecule has 124 valence electrons. The van der Waals surface area contributed by atoms with Gasteiger partial charge >= 0.3 is 12.2 Å². The number of hydrogen-bond donors (Lipinski definition) is 4. The number of hydrogen-bond acceptors (Lipinski definition) is 6. The van der Waals surface area contributed by atoms with E-state index in [1.54, 1.807) is 0 Å². The Labute approximate surface area is 124 Å². The lowest BCUT2D eigenvalue weighted by molar-refractivity contribution is 0.119. The molecule has 0 radical (unpaired) electrons. The Balaban J connectivity index is 3.19. The zero-order chi connectivity index (χ0) is 15.8. The Kier molecular flexibility index (Phi) is 13.8. The molecule has 0 unspecified atom stereocenters. The molecular weight excluding hydrogens is 280 g/mol. The van der Waals surface area contributed by atoms with Crippen LogP contribution in [-0.2, 0) is 9.47 Å². The Morgan fingerprint density at radius 2 is 1.10 bits per heavy atom. The van der Waals surface area contributed by atoms with Crippen molar-refractivity contribution in [1.29, 1.82) is 0 Å². The standard InChI is InChI=1S/C13H26N2O6/c16-8-10-20-12(18)14-6-4-2-1-3-5-7-15-13(19)21-11-9-17/h16-17H,1-11H2,(H,14,18)(H,15,19). The van der Waals surface area contributed by atoms with Gasteiger partial charge in [-0.15, -0.1) is 0 Å². The van der Waals surface area contributed by atoms with Crippen molar-refractivity contribution in [1.82, 2.24) is 10.6 Å². The van der Waals surface area contributed by atoms with Gasteiger partial charge in [-0.05, 0) is 12.8 Å². The van der Waals surface area contributed by atoms with Crippen molar-refractivity contribution in [3.63, 3.8) is 0 Å². The molecule has 0 aliphatic rings. The van der Waals surface area contributed by atoms with E-state index in [9.17, 15) is 9.59 Å². The summed E-state index contributed by atoms with van der Waals surface area (Å²) >= 11 is 0. The topological polar surface area (TPSA) is 117 Å². The number of alkyl carbamates (subject to hydrolysis) is 2. The van der Waals surface area contributed by atoms with Gasteiger partial charge in [0.2, 0.25) is 0 Å². The van der Waals surface area contributed by atoms with Gasteiger partial charge in [0.15, 0.2) is 0 Å². The lowest BCUT2D eigenvalue weighted by atomic mass is 10.1. The summed E-state index contributed by atoms with van der Waals surface area (Å²) in [6, 6.07) is 0. The minimum Gasteiger partial charge on any atom is -0.447 e. The Hall–Kier alpha value is -1.54. The molecule has 21 heavy (non-hydrogen) atoms. The second kappa shape index (κ2) is 14.9. The molecular formula is C13H26N2O6. The second-order valence-electron chi connectivity index (χ2n) is 4.34. The maximum absolute atomic E-state index is 11.0. The van der Waals surface area contributed by atoms with Crippen molar-refractivity contribution in [2.45, 2.75) is 32.1 Å². The largest absolute Gasteiger partial charge is 0.447 e. The van der Waals surface area contributed by atoms with Gasteiger partial charge in [0.25, 0.3) is 0 Å². The Morgan fingerprint density at radius 1 is 0.714 bits per heavy atom. The van der Waals surface area contributed by atoms with Crippen LogP contribution in [0, 0.1) is 0 Å². The molecule has 4 N–H and O–H groups in total. The monoisotopic (exact) mass is 306 g/mol. The molecule has 0 aromatic carbocycles. The Morgan fingerprint density at radius 3 is 1.48 bits per heavy atom. The first-order valence-electron chi connectivity index (χ1n) is 7.23. The summed E-state index contributed by atoms with van der Waals surface area (Å²) < 4.78 is 9.27. The van der Waals surface area contributed by atoms with E-state index in [4.69, 9.17) is 10.2 Å². The van der Waals surface area contributed by atoms with Crippen LogP contribution in [0.3, 0.4) is 0 Å². The average molecular weight is 306 g/mol. The van der Waals surface area contributed by atoms with Crippen LogP contribution in [0.25, 0.3) is 0 Å². The normalized spacial score (nSPS) is 10.0. The molecule has 0 spiro atoms. The molecule has 0 aromatic heterocycles. The van der Waals surface area contributed by atoms with Crippen LogP contribution in [0.2, 0.25) is 0 Å². The van der Waals surface area contributed by atoms with Crippen molar-refractivity contribution in [3.05, 3.63) is 0 Å². The highest BCUT2D eigenvalue weighted by atomic mass is 16.6. The molecule has 0 aliphatic heterocycles. The number of carbonyl (C=O) groups is 2. The van der Waals surface area contributed by atoms with Crippen LogP contribution >= 0.6 is 0 Å². The molecule has 0 aliphatic carbocycles. The molecule has 0 aromatic rings. The SMILES string of the molecule is O=C(NCCCCCCCNC(=O)OCCO)OCCO. The van der Waals surface area contributed by atoms with Gasteiger partial charge in [-0.1, -0.05) is 19.3 Å². The number of amides is 2. The third kappa shape index (κ3) is 14.7. The van der Waals surface area contributed by atoms with E-state index in [2.05, 4.69) is 20.1 Å². The van der Waals surface area contributed by atoms with Gasteiger partial charge in [0.05, 0.1) is 13.2 Å². The summed E-state index contributed by atoms with van der Waals surface area (Å²) in [5.41, 5.74) is 0. The third-order valence-electron chi connectivity index (χ3n) is 2.54. The van der Waals surface area contributed by atoms with Gasteiger partial charge in [-0.2, -0.15) is 0 Å². The summed E-state index contributed by atoms with van der Waals surface area (Å²) in [6.07, 6.45) is 3.69. The van der Waals surface area contributed by atoms with Crippen LogP contribution in [0.1, 0.15) is 32.1 Å². The molecule has 0 atom stereocenters. The van der Waals surface area contributed by atoms with Gasteiger partial charge in [-0.3, -0.25) is 0 Å². The predicted octanol–water partition coefficient (Wildman–Crippen LogP) is 0.374. The van der Waals surface area contributed by atoms with Crippen LogP contribution in [0.15, 0.2) is 0 Å². The van der Waals surface area contributed by atoms with Crippen LogP contribution in [0.5, 0.6) is 0 Å². The van der Waals surface area contributed by atoms with E-state index >= 15 is 0 Å². The zero-order valence-corrected chi connectivity index (χ0v) is 12.3. The molecule has 0 saturated carbocycles. The smallest absolute Gasteiger partial charge is 0.407 e. The molecule has 0 heterocycles. The van der Waals surface area contributed by atoms with Crippen LogP contribution in [-0.4, -0.2) is 61.9 Å². The highest BCUT2D eigenvalue weighted by Gasteiger charge is 2.01. The molecule has 8 heteroatoms. The molecule has 0 saturated heterocycles. The quantitative estimate of drug-likeness (QED) is 0.387. The van der Waals surface area contributed by atoms with E-state index in [0.717, 1.165) is 32.1 Å². The molecule has 2 amide bonds. The summed E-state index contributed by atoms with van der Waals surface area (Å²) in [4.78, 5) is 22.0. The van der Waals surface area contributed by atoms with Crippen molar-refractivity contribution < 1.29 is 29.3 Å². The van der Waals surface area contributed by atoms with Gasteiger partial charge in [0, 0.05) is 13.1 Å². The first-order chi connectivity index (χ1) is 10.2. The number of rotatable bonds is 12. The number of aliphatic hydroxyl groups is 2. The number of ether oxygens (including phenoxy) is 2. The molecule has 0 bridgehead atoms. The maximum atomic E-state index is 11.0. The fourth-order valence-corrected chi connectivity index (χ4v) is 1.54. The predicted molar refractivity (Wildman–Crippen MR) is 76.0 cm³/mol. The van der Waals surface area contributed by atoms with Crippen molar-refractivity contribution in [2.24, 2.45) is 0 Å². The van der Waals surface area contributed by atoms with Crippen molar-refractivity contribution in [3.8, 4) is 0 Å². The van der Waals surface area contributed by atoms with E-state index in [-0.39, 0.29) is 26.4 Å². The summed E-state index contributed by atoms with van der Waals surface area (Å²) in [5.74, 6) is 0. The van der Waals surface area contributed by atoms with E-state index in [1.807, 2.05) is 0 Å². The number of unbranched alkanes of at least 4 members (excludes halogenated alkanes) is 4. The number of nitrogens with one attached hydrogen (secondary N) is 2. The highest BCUT2D eigenvalue weighted by molar-refractivity contribution is 5.67. The molecule has 0 rings (SSSR count). The van der Waals surface area contributed by atoms with Crippen molar-refractivity contribution in [2.75, 3.05) is 39.5 Å². The van der Waals surface area contributed by atoms with Gasteiger partial charge < -0.3 is 30.3 Å². The fourth-order valence-electron chi connectivity index (χ4n) is 1.54. The van der Waals surface area contributed by atoms with E-state index < -0.39 is 12.2 Å². The fraction of sp³-hybridized carbons (Fsp3) is 0.846. The van der Waals surface area contributed by atoms with Crippen LogP contribution in [0.4, 0.5) is 9.59 Å². The van der Waals surface area contributed by atoms with Gasteiger partial charge in [0.1, 0.15) is 13.2 Å². The number of carbonyl (C=O) groups excluding carboxylic acids is 2. The average Bonchev–Trinajstić information content (AvgIpc) is 2.49. The summed E-state index contributed by atoms with van der Waals surface area (Å²) in [6.45, 7) is 0.787. The maximum Gasteiger partial charge on any atom is 0.407 e. The number of aliphatic hydroxyl groups excluding tert-OH is 2. The highest BCUT2D eigenvalue weighted by Crippen LogP contribution is 2.01. The van der Waals surface area contributed by atoms with Crippen molar-refractivity contribution >= 4 is 12.2 Å². The minimum absolute atomic E-state index is 0.0135. The van der Waals surface area contributed by atoms with Crippen LogP contribution < -0.4 is 10.6 Å². The van der Waals surface area contributed by atoms with E-state index in [1.165, 1.54) is 0 Å². The van der Waals surface area contributed by atoms with Gasteiger partial charge in [-0.25, -0.2) is 9.59 Å². The molecule has 0 fully saturated rings. The second-order valence-corrected chi connectivity index (χ2v) is 4.34. The lowest BCUT2D eigenvalue weighted by Gasteiger charge is -2.06. The molecule has 8 nitrogen and oxygen atoms in total. The Bertz CT molecular complexity index is 249. The summed E-state index contributed by atoms with van der Waals surface area (Å²) in [7, 11) is 0. The lowest BCUT2D eigenvalue weighted by Crippen LogP contribution is -2.26. The van der Waals surface area contributed by atoms with E-state index in [0.29, 0.717) is 13.1 Å². The third-order valence-corrected chi connectivity index (χ3v) is 2.54. The summed E-state index contributed by atoms with van der Waals surface area (Å²) in [5, 5.41) is 22.1. The zero-order valence-electron chi connectivity index (χ0n) is 12.3. The first kappa shape index (κ1) is 19.5. The first-order valence-corrected chi connectivity index (χ1v) is 7.23. The minimum atomic E-state index is -0.505.